The standard InChI is InChI=1S/C9H17N3O2S/c1-8(2)15(13,14)7-5-10-9-4-6-12(3)11-9/h4,6,8H,5,7H2,1-3H3,(H,10,11). The summed E-state index contributed by atoms with van der Waals surface area (Å²) < 4.78 is 24.6. The van der Waals surface area contributed by atoms with Crippen molar-refractivity contribution in [3.8, 4) is 0 Å². The van der Waals surface area contributed by atoms with Crippen molar-refractivity contribution in [2.45, 2.75) is 19.1 Å². The summed E-state index contributed by atoms with van der Waals surface area (Å²) in [7, 11) is -1.14. The molecule has 0 saturated carbocycles. The fraction of sp³-hybridized carbons (Fsp3) is 0.667. The van der Waals surface area contributed by atoms with E-state index in [1.807, 2.05) is 13.1 Å². The number of nitrogens with one attached hydrogen (secondary N) is 1. The molecule has 1 heterocycles. The van der Waals surface area contributed by atoms with Gasteiger partial charge in [-0.25, -0.2) is 8.42 Å². The van der Waals surface area contributed by atoms with Gasteiger partial charge in [0, 0.05) is 25.9 Å². The Kier molecular flexibility index (Phi) is 3.73. The highest BCUT2D eigenvalue weighted by Gasteiger charge is 2.15. The molecule has 0 saturated heterocycles. The van der Waals surface area contributed by atoms with Crippen molar-refractivity contribution in [2.75, 3.05) is 17.6 Å². The zero-order chi connectivity index (χ0) is 11.5. The molecule has 1 rings (SSSR count). The first kappa shape index (κ1) is 12.0. The normalized spacial score (nSPS) is 12.0. The molecule has 0 fully saturated rings. The van der Waals surface area contributed by atoms with E-state index in [9.17, 15) is 8.42 Å². The smallest absolute Gasteiger partial charge is 0.154 e. The van der Waals surface area contributed by atoms with Gasteiger partial charge in [-0.2, -0.15) is 5.10 Å². The van der Waals surface area contributed by atoms with E-state index >= 15 is 0 Å². The maximum atomic E-state index is 11.5. The molecule has 6 heteroatoms. The summed E-state index contributed by atoms with van der Waals surface area (Å²) in [5, 5.41) is 6.73. The summed E-state index contributed by atoms with van der Waals surface area (Å²) in [6.45, 7) is 3.78. The number of aryl methyl sites for hydroxylation is 1. The Morgan fingerprint density at radius 1 is 1.53 bits per heavy atom. The lowest BCUT2D eigenvalue weighted by molar-refractivity contribution is 0.587. The van der Waals surface area contributed by atoms with Crippen LogP contribution in [0.1, 0.15) is 13.8 Å². The summed E-state index contributed by atoms with van der Waals surface area (Å²) in [5.74, 6) is 0.845. The molecule has 86 valence electrons. The largest absolute Gasteiger partial charge is 0.368 e. The molecule has 15 heavy (non-hydrogen) atoms. The van der Waals surface area contributed by atoms with Crippen molar-refractivity contribution in [3.63, 3.8) is 0 Å². The molecular formula is C9H17N3O2S. The third-order valence-electron chi connectivity index (χ3n) is 2.12. The Hall–Kier alpha value is -1.04. The monoisotopic (exact) mass is 231 g/mol. The molecule has 5 nitrogen and oxygen atoms in total. The number of hydrogen-bond acceptors (Lipinski definition) is 4. The van der Waals surface area contributed by atoms with Gasteiger partial charge in [-0.1, -0.05) is 0 Å². The molecule has 0 atom stereocenters. The Morgan fingerprint density at radius 3 is 2.67 bits per heavy atom. The summed E-state index contributed by atoms with van der Waals surface area (Å²) in [4.78, 5) is 0. The van der Waals surface area contributed by atoms with E-state index in [1.54, 1.807) is 24.7 Å². The van der Waals surface area contributed by atoms with Crippen LogP contribution >= 0.6 is 0 Å². The van der Waals surface area contributed by atoms with E-state index in [1.165, 1.54) is 0 Å². The van der Waals surface area contributed by atoms with Gasteiger partial charge in [-0.05, 0) is 13.8 Å². The molecule has 0 spiro atoms. The van der Waals surface area contributed by atoms with E-state index < -0.39 is 9.84 Å². The van der Waals surface area contributed by atoms with Crippen molar-refractivity contribution in [3.05, 3.63) is 12.3 Å². The Balaban J connectivity index is 2.40. The Bertz CT molecular complexity index is 409. The molecule has 1 aromatic heterocycles. The molecule has 0 radical (unpaired) electrons. The van der Waals surface area contributed by atoms with Gasteiger partial charge >= 0.3 is 0 Å². The number of hydrogen-bond donors (Lipinski definition) is 1. The lowest BCUT2D eigenvalue weighted by Gasteiger charge is -2.07. The predicted molar refractivity (Wildman–Crippen MR) is 60.6 cm³/mol. The number of sulfone groups is 1. The fourth-order valence-corrected chi connectivity index (χ4v) is 1.92. The molecule has 1 aromatic rings. The van der Waals surface area contributed by atoms with Gasteiger partial charge in [-0.3, -0.25) is 4.68 Å². The SMILES string of the molecule is CC(C)S(=O)(=O)CCNc1ccn(C)n1. The van der Waals surface area contributed by atoms with Gasteiger partial charge in [0.05, 0.1) is 11.0 Å². The molecule has 0 aliphatic rings. The molecule has 0 unspecified atom stereocenters. The molecule has 0 aliphatic carbocycles. The van der Waals surface area contributed by atoms with Gasteiger partial charge in [-0.15, -0.1) is 0 Å². The lowest BCUT2D eigenvalue weighted by atomic mass is 10.6. The average molecular weight is 231 g/mol. The van der Waals surface area contributed by atoms with Crippen LogP contribution in [0.3, 0.4) is 0 Å². The van der Waals surface area contributed by atoms with Gasteiger partial charge in [0.1, 0.15) is 5.82 Å². The van der Waals surface area contributed by atoms with Gasteiger partial charge in [0.2, 0.25) is 0 Å². The molecule has 0 amide bonds. The van der Waals surface area contributed by atoms with E-state index in [4.69, 9.17) is 0 Å². The van der Waals surface area contributed by atoms with E-state index in [0.717, 1.165) is 0 Å². The summed E-state index contributed by atoms with van der Waals surface area (Å²) in [5.41, 5.74) is 0. The van der Waals surface area contributed by atoms with Crippen molar-refractivity contribution in [1.29, 1.82) is 0 Å². The Labute approximate surface area is 90.4 Å². The fourth-order valence-electron chi connectivity index (χ4n) is 1.07. The molecular weight excluding hydrogens is 214 g/mol. The van der Waals surface area contributed by atoms with Crippen molar-refractivity contribution >= 4 is 15.7 Å². The van der Waals surface area contributed by atoms with Crippen LogP contribution in [0.2, 0.25) is 0 Å². The zero-order valence-electron chi connectivity index (χ0n) is 9.27. The van der Waals surface area contributed by atoms with Crippen LogP contribution in [0.15, 0.2) is 12.3 Å². The minimum Gasteiger partial charge on any atom is -0.368 e. The second kappa shape index (κ2) is 4.65. The van der Waals surface area contributed by atoms with Crippen molar-refractivity contribution < 1.29 is 8.42 Å². The Morgan fingerprint density at radius 2 is 2.20 bits per heavy atom. The number of anilines is 1. The quantitative estimate of drug-likeness (QED) is 0.808. The van der Waals surface area contributed by atoms with Crippen LogP contribution < -0.4 is 5.32 Å². The molecule has 0 aliphatic heterocycles. The molecule has 0 bridgehead atoms. The molecule has 0 aromatic carbocycles. The predicted octanol–water partition coefficient (Wildman–Crippen LogP) is 0.655. The van der Waals surface area contributed by atoms with Crippen LogP contribution in [0, 0.1) is 0 Å². The number of nitrogens with zero attached hydrogens (tertiary/aromatic N) is 2. The molecule has 1 N–H and O–H groups in total. The van der Waals surface area contributed by atoms with E-state index in [-0.39, 0.29) is 11.0 Å². The zero-order valence-corrected chi connectivity index (χ0v) is 10.1. The number of aromatic nitrogens is 2. The van der Waals surface area contributed by atoms with Gasteiger partial charge in [0.15, 0.2) is 9.84 Å². The van der Waals surface area contributed by atoms with Gasteiger partial charge < -0.3 is 5.32 Å². The highest BCUT2D eigenvalue weighted by Crippen LogP contribution is 2.03. The minimum absolute atomic E-state index is 0.140. The first-order valence-corrected chi connectivity index (χ1v) is 6.58. The van der Waals surface area contributed by atoms with E-state index in [2.05, 4.69) is 10.4 Å². The van der Waals surface area contributed by atoms with Crippen LogP contribution in [-0.2, 0) is 16.9 Å². The highest BCUT2D eigenvalue weighted by molar-refractivity contribution is 7.92. The maximum absolute atomic E-state index is 11.5. The highest BCUT2D eigenvalue weighted by atomic mass is 32.2. The first-order chi connectivity index (χ1) is 6.92. The van der Waals surface area contributed by atoms with Crippen LogP contribution in [0.5, 0.6) is 0 Å². The third-order valence-corrected chi connectivity index (χ3v) is 4.33. The van der Waals surface area contributed by atoms with Crippen LogP contribution in [0.4, 0.5) is 5.82 Å². The minimum atomic E-state index is -2.96. The maximum Gasteiger partial charge on any atom is 0.154 e. The van der Waals surface area contributed by atoms with E-state index in [0.29, 0.717) is 12.4 Å². The van der Waals surface area contributed by atoms with Crippen molar-refractivity contribution in [2.24, 2.45) is 7.05 Å². The first-order valence-electron chi connectivity index (χ1n) is 4.87. The second-order valence-electron chi connectivity index (χ2n) is 3.72. The second-order valence-corrected chi connectivity index (χ2v) is 6.39. The lowest BCUT2D eigenvalue weighted by Crippen LogP contribution is -2.23. The number of rotatable bonds is 5. The van der Waals surface area contributed by atoms with Crippen LogP contribution in [-0.4, -0.2) is 35.7 Å². The summed E-state index contributed by atoms with van der Waals surface area (Å²) >= 11 is 0. The summed E-state index contributed by atoms with van der Waals surface area (Å²) in [6.07, 6.45) is 1.80. The van der Waals surface area contributed by atoms with Crippen LogP contribution in [0.25, 0.3) is 0 Å². The van der Waals surface area contributed by atoms with Gasteiger partial charge in [0.25, 0.3) is 0 Å². The average Bonchev–Trinajstić information content (AvgIpc) is 2.51. The van der Waals surface area contributed by atoms with Crippen molar-refractivity contribution in [1.82, 2.24) is 9.78 Å². The third kappa shape index (κ3) is 3.54. The summed E-state index contributed by atoms with van der Waals surface area (Å²) in [6, 6.07) is 1.81. The topological polar surface area (TPSA) is 64.0 Å².